The lowest BCUT2D eigenvalue weighted by atomic mass is 10.0. The van der Waals surface area contributed by atoms with Crippen LogP contribution < -0.4 is 11.3 Å². The van der Waals surface area contributed by atoms with Crippen LogP contribution in [0.15, 0.2) is 24.3 Å². The van der Waals surface area contributed by atoms with Gasteiger partial charge in [-0.25, -0.2) is 0 Å². The van der Waals surface area contributed by atoms with Crippen LogP contribution in [0.3, 0.4) is 0 Å². The number of nitrogens with one attached hydrogen (secondary N) is 1. The van der Waals surface area contributed by atoms with Gasteiger partial charge in [-0.15, -0.1) is 0 Å². The highest BCUT2D eigenvalue weighted by Crippen LogP contribution is 2.31. The number of rotatable bonds is 3. The van der Waals surface area contributed by atoms with Crippen molar-refractivity contribution in [3.05, 3.63) is 34.9 Å². The van der Waals surface area contributed by atoms with Crippen LogP contribution in [0.25, 0.3) is 0 Å². The summed E-state index contributed by atoms with van der Waals surface area (Å²) in [7, 11) is 0. The molecule has 0 aliphatic heterocycles. The Balaban J connectivity index is 2.88. The van der Waals surface area contributed by atoms with Crippen LogP contribution in [0.2, 0.25) is 5.02 Å². The molecule has 0 heterocycles. The van der Waals surface area contributed by atoms with Gasteiger partial charge < -0.3 is 0 Å². The first-order valence-electron chi connectivity index (χ1n) is 4.21. The van der Waals surface area contributed by atoms with E-state index in [9.17, 15) is 13.2 Å². The summed E-state index contributed by atoms with van der Waals surface area (Å²) >= 11 is 5.76. The number of alkyl halides is 3. The number of hydrogen-bond acceptors (Lipinski definition) is 2. The zero-order chi connectivity index (χ0) is 11.5. The second-order valence-corrected chi connectivity index (χ2v) is 3.47. The van der Waals surface area contributed by atoms with Crippen LogP contribution in [-0.2, 0) is 0 Å². The largest absolute Gasteiger partial charge is 0.390 e. The molecular formula is C9H10ClF3N2. The first-order chi connectivity index (χ1) is 6.94. The van der Waals surface area contributed by atoms with Gasteiger partial charge in [0, 0.05) is 5.02 Å². The Hall–Kier alpha value is -0.780. The number of hydrogen-bond donors (Lipinski definition) is 2. The summed E-state index contributed by atoms with van der Waals surface area (Å²) in [5.74, 6) is 5.07. The van der Waals surface area contributed by atoms with Gasteiger partial charge in [0.15, 0.2) is 0 Å². The molecule has 1 aromatic rings. The van der Waals surface area contributed by atoms with Crippen molar-refractivity contribution in [3.63, 3.8) is 0 Å². The first kappa shape index (κ1) is 12.3. The summed E-state index contributed by atoms with van der Waals surface area (Å²) < 4.78 is 36.5. The number of benzene rings is 1. The third-order valence-corrected chi connectivity index (χ3v) is 2.26. The summed E-state index contributed by atoms with van der Waals surface area (Å²) in [6.45, 7) is 0. The Morgan fingerprint density at radius 1 is 1.33 bits per heavy atom. The standard InChI is InChI=1S/C9H10ClF3N2/c10-7-4-2-1-3-6(7)8(15-14)5-9(11,12)13/h1-4,8,15H,5,14H2. The van der Waals surface area contributed by atoms with Gasteiger partial charge in [0.2, 0.25) is 0 Å². The molecule has 0 aliphatic rings. The highest BCUT2D eigenvalue weighted by Gasteiger charge is 2.32. The lowest BCUT2D eigenvalue weighted by molar-refractivity contribution is -0.140. The predicted molar refractivity (Wildman–Crippen MR) is 52.2 cm³/mol. The molecule has 0 saturated heterocycles. The fourth-order valence-electron chi connectivity index (χ4n) is 1.25. The van der Waals surface area contributed by atoms with Crippen molar-refractivity contribution in [2.45, 2.75) is 18.6 Å². The predicted octanol–water partition coefficient (Wildman–Crippen LogP) is 2.80. The second kappa shape index (κ2) is 4.83. The Labute approximate surface area is 90.2 Å². The van der Waals surface area contributed by atoms with Crippen molar-refractivity contribution >= 4 is 11.6 Å². The Morgan fingerprint density at radius 3 is 2.40 bits per heavy atom. The van der Waals surface area contributed by atoms with Crippen LogP contribution >= 0.6 is 11.6 Å². The molecule has 0 radical (unpaired) electrons. The summed E-state index contributed by atoms with van der Waals surface area (Å²) in [5.41, 5.74) is 2.46. The topological polar surface area (TPSA) is 38.0 Å². The maximum absolute atomic E-state index is 12.2. The monoisotopic (exact) mass is 238 g/mol. The van der Waals surface area contributed by atoms with Crippen LogP contribution in [0, 0.1) is 0 Å². The van der Waals surface area contributed by atoms with Crippen LogP contribution in [0.5, 0.6) is 0 Å². The van der Waals surface area contributed by atoms with E-state index in [1.807, 2.05) is 0 Å². The molecule has 1 unspecified atom stereocenters. The normalized spacial score (nSPS) is 13.9. The quantitative estimate of drug-likeness (QED) is 0.628. The Kier molecular flexibility index (Phi) is 3.96. The molecule has 1 aromatic carbocycles. The Morgan fingerprint density at radius 2 is 1.93 bits per heavy atom. The highest BCUT2D eigenvalue weighted by atomic mass is 35.5. The third kappa shape index (κ3) is 3.70. The maximum Gasteiger partial charge on any atom is 0.390 e. The fourth-order valence-corrected chi connectivity index (χ4v) is 1.52. The summed E-state index contributed by atoms with van der Waals surface area (Å²) in [6.07, 6.45) is -5.33. The number of nitrogens with two attached hydrogens (primary N) is 1. The Bertz CT molecular complexity index is 327. The molecular weight excluding hydrogens is 229 g/mol. The minimum Gasteiger partial charge on any atom is -0.271 e. The van der Waals surface area contributed by atoms with Gasteiger partial charge in [0.1, 0.15) is 0 Å². The molecule has 0 saturated carbocycles. The summed E-state index contributed by atoms with van der Waals surface area (Å²) in [6, 6.07) is 5.28. The van der Waals surface area contributed by atoms with E-state index in [1.54, 1.807) is 12.1 Å². The molecule has 3 N–H and O–H groups in total. The van der Waals surface area contributed by atoms with Crippen LogP contribution in [0.1, 0.15) is 18.0 Å². The molecule has 0 spiro atoms. The fraction of sp³-hybridized carbons (Fsp3) is 0.333. The van der Waals surface area contributed by atoms with Gasteiger partial charge in [0.05, 0.1) is 12.5 Å². The lowest BCUT2D eigenvalue weighted by Gasteiger charge is -2.19. The smallest absolute Gasteiger partial charge is 0.271 e. The van der Waals surface area contributed by atoms with Crippen molar-refractivity contribution in [1.82, 2.24) is 5.43 Å². The van der Waals surface area contributed by atoms with Gasteiger partial charge in [-0.3, -0.25) is 11.3 Å². The van der Waals surface area contributed by atoms with Crippen LogP contribution in [-0.4, -0.2) is 6.18 Å². The number of hydrazine groups is 1. The molecule has 15 heavy (non-hydrogen) atoms. The van der Waals surface area contributed by atoms with E-state index >= 15 is 0 Å². The molecule has 1 atom stereocenters. The molecule has 0 amide bonds. The highest BCUT2D eigenvalue weighted by molar-refractivity contribution is 6.31. The lowest BCUT2D eigenvalue weighted by Crippen LogP contribution is -2.32. The average Bonchev–Trinajstić information content (AvgIpc) is 2.14. The van der Waals surface area contributed by atoms with E-state index in [1.165, 1.54) is 12.1 Å². The van der Waals surface area contributed by atoms with E-state index in [0.717, 1.165) is 0 Å². The third-order valence-electron chi connectivity index (χ3n) is 1.92. The van der Waals surface area contributed by atoms with Gasteiger partial charge in [-0.1, -0.05) is 29.8 Å². The number of halogens is 4. The van der Waals surface area contributed by atoms with Crippen molar-refractivity contribution < 1.29 is 13.2 Å². The zero-order valence-corrected chi connectivity index (χ0v) is 8.44. The zero-order valence-electron chi connectivity index (χ0n) is 7.68. The minimum atomic E-state index is -4.28. The first-order valence-corrected chi connectivity index (χ1v) is 4.59. The second-order valence-electron chi connectivity index (χ2n) is 3.06. The van der Waals surface area contributed by atoms with Gasteiger partial charge >= 0.3 is 6.18 Å². The van der Waals surface area contributed by atoms with E-state index in [0.29, 0.717) is 5.56 Å². The summed E-state index contributed by atoms with van der Waals surface area (Å²) in [4.78, 5) is 0. The van der Waals surface area contributed by atoms with Crippen molar-refractivity contribution in [3.8, 4) is 0 Å². The SMILES string of the molecule is NNC(CC(F)(F)F)c1ccccc1Cl. The summed E-state index contributed by atoms with van der Waals surface area (Å²) in [5, 5.41) is 0.268. The van der Waals surface area contributed by atoms with Gasteiger partial charge in [-0.2, -0.15) is 13.2 Å². The van der Waals surface area contributed by atoms with E-state index < -0.39 is 18.6 Å². The van der Waals surface area contributed by atoms with Crippen molar-refractivity contribution in [1.29, 1.82) is 0 Å². The molecule has 0 aromatic heterocycles. The van der Waals surface area contributed by atoms with E-state index in [-0.39, 0.29) is 5.02 Å². The molecule has 6 heteroatoms. The molecule has 0 bridgehead atoms. The van der Waals surface area contributed by atoms with Crippen LogP contribution in [0.4, 0.5) is 13.2 Å². The molecule has 1 rings (SSSR count). The molecule has 2 nitrogen and oxygen atoms in total. The van der Waals surface area contributed by atoms with E-state index in [4.69, 9.17) is 17.4 Å². The van der Waals surface area contributed by atoms with Crippen molar-refractivity contribution in [2.24, 2.45) is 5.84 Å². The van der Waals surface area contributed by atoms with Crippen molar-refractivity contribution in [2.75, 3.05) is 0 Å². The molecule has 84 valence electrons. The minimum absolute atomic E-state index is 0.268. The molecule has 0 fully saturated rings. The molecule has 0 aliphatic carbocycles. The maximum atomic E-state index is 12.2. The van der Waals surface area contributed by atoms with E-state index in [2.05, 4.69) is 5.43 Å². The van der Waals surface area contributed by atoms with Gasteiger partial charge in [0.25, 0.3) is 0 Å². The average molecular weight is 239 g/mol. The van der Waals surface area contributed by atoms with Gasteiger partial charge in [-0.05, 0) is 11.6 Å².